The van der Waals surface area contributed by atoms with Gasteiger partial charge in [0.25, 0.3) is 0 Å². The fraction of sp³-hybridized carbons (Fsp3) is 0.125. The van der Waals surface area contributed by atoms with Crippen LogP contribution in [0.4, 0.5) is 0 Å². The maximum absolute atomic E-state index is 12.2. The van der Waals surface area contributed by atoms with Crippen molar-refractivity contribution < 1.29 is 9.53 Å². The van der Waals surface area contributed by atoms with Crippen LogP contribution < -0.4 is 4.74 Å². The van der Waals surface area contributed by atoms with E-state index in [0.717, 1.165) is 23.3 Å². The highest BCUT2D eigenvalue weighted by Gasteiger charge is 2.01. The lowest BCUT2D eigenvalue weighted by Crippen LogP contribution is -1.95. The fourth-order valence-corrected chi connectivity index (χ4v) is 2.59. The lowest BCUT2D eigenvalue weighted by molar-refractivity contribution is 0.104. The molecule has 0 unspecified atom stereocenters. The predicted molar refractivity (Wildman–Crippen MR) is 106 cm³/mol. The van der Waals surface area contributed by atoms with E-state index in [4.69, 9.17) is 4.74 Å². The number of rotatable bonds is 7. The van der Waals surface area contributed by atoms with E-state index < -0.39 is 0 Å². The highest BCUT2D eigenvalue weighted by atomic mass is 16.5. The lowest BCUT2D eigenvalue weighted by atomic mass is 10.1. The number of carbonyl (C=O) groups is 1. The molecule has 2 nitrogen and oxygen atoms in total. The molecule has 0 amide bonds. The molecule has 3 aromatic carbocycles. The van der Waals surface area contributed by atoms with Gasteiger partial charge in [-0.05, 0) is 41.3 Å². The fourth-order valence-electron chi connectivity index (χ4n) is 2.59. The zero-order valence-electron chi connectivity index (χ0n) is 14.9. The molecule has 3 rings (SSSR count). The van der Waals surface area contributed by atoms with Crippen LogP contribution >= 0.6 is 0 Å². The van der Waals surface area contributed by atoms with E-state index in [-0.39, 0.29) is 5.78 Å². The predicted octanol–water partition coefficient (Wildman–Crippen LogP) is 5.72. The Morgan fingerprint density at radius 3 is 2.19 bits per heavy atom. The summed E-state index contributed by atoms with van der Waals surface area (Å²) in [5.41, 5.74) is 4.05. The van der Waals surface area contributed by atoms with Crippen LogP contribution in [0.1, 0.15) is 34.0 Å². The molecule has 0 saturated heterocycles. The van der Waals surface area contributed by atoms with Crippen LogP contribution in [0.15, 0.2) is 84.9 Å². The Kier molecular flexibility index (Phi) is 6.00. The lowest BCUT2D eigenvalue weighted by Gasteiger charge is -2.06. The summed E-state index contributed by atoms with van der Waals surface area (Å²) in [6.45, 7) is 2.65. The molecule has 2 heteroatoms. The summed E-state index contributed by atoms with van der Waals surface area (Å²) in [6, 6.07) is 25.6. The molecule has 0 radical (unpaired) electrons. The summed E-state index contributed by atoms with van der Waals surface area (Å²) in [5.74, 6) is 0.824. The molecule has 0 saturated carbocycles. The van der Waals surface area contributed by atoms with E-state index >= 15 is 0 Å². The first-order valence-corrected chi connectivity index (χ1v) is 8.83. The molecule has 130 valence electrons. The van der Waals surface area contributed by atoms with Gasteiger partial charge in [0.1, 0.15) is 12.4 Å². The third-order valence-electron chi connectivity index (χ3n) is 4.20. The minimum absolute atomic E-state index is 0.0112. The molecule has 0 aliphatic rings. The standard InChI is InChI=1S/C24H22O2/c1-2-19-8-13-22(14-9-19)24(25)17-12-20-10-15-23(16-11-20)26-18-21-6-4-3-5-7-21/h3-17H,2,18H2,1H3. The summed E-state index contributed by atoms with van der Waals surface area (Å²) in [5, 5.41) is 0. The van der Waals surface area contributed by atoms with Gasteiger partial charge in [-0.15, -0.1) is 0 Å². The Bertz CT molecular complexity index is 860. The second-order valence-electron chi connectivity index (χ2n) is 6.09. The summed E-state index contributed by atoms with van der Waals surface area (Å²) in [7, 11) is 0. The van der Waals surface area contributed by atoms with Crippen LogP contribution in [0.5, 0.6) is 5.75 Å². The average molecular weight is 342 g/mol. The average Bonchev–Trinajstić information content (AvgIpc) is 2.72. The van der Waals surface area contributed by atoms with Crippen LogP contribution in [0.25, 0.3) is 6.08 Å². The first-order chi connectivity index (χ1) is 12.7. The molecule has 0 aliphatic carbocycles. The topological polar surface area (TPSA) is 26.3 Å². The van der Waals surface area contributed by atoms with E-state index in [0.29, 0.717) is 12.2 Å². The van der Waals surface area contributed by atoms with Crippen LogP contribution in [0.3, 0.4) is 0 Å². The van der Waals surface area contributed by atoms with E-state index in [1.165, 1.54) is 5.56 Å². The third kappa shape index (κ3) is 4.93. The Morgan fingerprint density at radius 1 is 0.846 bits per heavy atom. The van der Waals surface area contributed by atoms with Gasteiger partial charge in [0, 0.05) is 5.56 Å². The molecule has 0 N–H and O–H groups in total. The summed E-state index contributed by atoms with van der Waals surface area (Å²) >= 11 is 0. The Labute approximate surface area is 154 Å². The zero-order valence-corrected chi connectivity index (χ0v) is 14.9. The van der Waals surface area contributed by atoms with E-state index in [1.807, 2.05) is 84.9 Å². The van der Waals surface area contributed by atoms with Crippen molar-refractivity contribution in [3.05, 3.63) is 107 Å². The number of hydrogen-bond acceptors (Lipinski definition) is 2. The number of carbonyl (C=O) groups excluding carboxylic acids is 1. The number of benzene rings is 3. The second kappa shape index (κ2) is 8.82. The molecular weight excluding hydrogens is 320 g/mol. The third-order valence-corrected chi connectivity index (χ3v) is 4.20. The van der Waals surface area contributed by atoms with Gasteiger partial charge in [-0.1, -0.05) is 79.7 Å². The van der Waals surface area contributed by atoms with Gasteiger partial charge in [-0.3, -0.25) is 4.79 Å². The number of aryl methyl sites for hydroxylation is 1. The van der Waals surface area contributed by atoms with Gasteiger partial charge < -0.3 is 4.74 Å². The molecular formula is C24H22O2. The van der Waals surface area contributed by atoms with Crippen molar-refractivity contribution in [2.45, 2.75) is 20.0 Å². The number of hydrogen-bond donors (Lipinski definition) is 0. The molecule has 3 aromatic rings. The van der Waals surface area contributed by atoms with Crippen LogP contribution in [0.2, 0.25) is 0 Å². The second-order valence-corrected chi connectivity index (χ2v) is 6.09. The molecule has 0 atom stereocenters. The molecule has 0 spiro atoms. The largest absolute Gasteiger partial charge is 0.489 e. The molecule has 0 aliphatic heterocycles. The Hall–Kier alpha value is -3.13. The summed E-state index contributed by atoms with van der Waals surface area (Å²) in [6.07, 6.45) is 4.42. The highest BCUT2D eigenvalue weighted by Crippen LogP contribution is 2.15. The quantitative estimate of drug-likeness (QED) is 0.405. The minimum Gasteiger partial charge on any atom is -0.489 e. The van der Waals surface area contributed by atoms with Crippen molar-refractivity contribution >= 4 is 11.9 Å². The first kappa shape index (κ1) is 17.7. The van der Waals surface area contributed by atoms with Crippen LogP contribution in [-0.4, -0.2) is 5.78 Å². The van der Waals surface area contributed by atoms with Gasteiger partial charge in [0.05, 0.1) is 0 Å². The number of allylic oxidation sites excluding steroid dienone is 1. The van der Waals surface area contributed by atoms with Crippen molar-refractivity contribution in [2.75, 3.05) is 0 Å². The maximum Gasteiger partial charge on any atom is 0.185 e. The van der Waals surface area contributed by atoms with Crippen molar-refractivity contribution in [2.24, 2.45) is 0 Å². The monoisotopic (exact) mass is 342 g/mol. The van der Waals surface area contributed by atoms with E-state index in [2.05, 4.69) is 6.92 Å². The van der Waals surface area contributed by atoms with Gasteiger partial charge in [0.15, 0.2) is 5.78 Å². The van der Waals surface area contributed by atoms with Crippen molar-refractivity contribution in [1.29, 1.82) is 0 Å². The summed E-state index contributed by atoms with van der Waals surface area (Å²) < 4.78 is 5.77. The summed E-state index contributed by atoms with van der Waals surface area (Å²) in [4.78, 5) is 12.2. The van der Waals surface area contributed by atoms with Gasteiger partial charge in [0.2, 0.25) is 0 Å². The van der Waals surface area contributed by atoms with E-state index in [1.54, 1.807) is 6.08 Å². The zero-order chi connectivity index (χ0) is 18.2. The highest BCUT2D eigenvalue weighted by molar-refractivity contribution is 6.06. The Balaban J connectivity index is 1.57. The molecule has 26 heavy (non-hydrogen) atoms. The normalized spacial score (nSPS) is 10.8. The van der Waals surface area contributed by atoms with Crippen molar-refractivity contribution in [3.63, 3.8) is 0 Å². The van der Waals surface area contributed by atoms with Crippen LogP contribution in [0, 0.1) is 0 Å². The minimum atomic E-state index is 0.0112. The van der Waals surface area contributed by atoms with Gasteiger partial charge >= 0.3 is 0 Å². The van der Waals surface area contributed by atoms with Gasteiger partial charge in [-0.2, -0.15) is 0 Å². The maximum atomic E-state index is 12.2. The van der Waals surface area contributed by atoms with E-state index in [9.17, 15) is 4.79 Å². The van der Waals surface area contributed by atoms with Crippen molar-refractivity contribution in [3.8, 4) is 5.75 Å². The molecule has 0 heterocycles. The smallest absolute Gasteiger partial charge is 0.185 e. The van der Waals surface area contributed by atoms with Crippen molar-refractivity contribution in [1.82, 2.24) is 0 Å². The first-order valence-electron chi connectivity index (χ1n) is 8.83. The SMILES string of the molecule is CCc1ccc(C(=O)C=Cc2ccc(OCc3ccccc3)cc2)cc1. The molecule has 0 bridgehead atoms. The molecule has 0 aromatic heterocycles. The van der Waals surface area contributed by atoms with Gasteiger partial charge in [-0.25, -0.2) is 0 Å². The van der Waals surface area contributed by atoms with Crippen LogP contribution in [-0.2, 0) is 13.0 Å². The number of ketones is 1. The Morgan fingerprint density at radius 2 is 1.54 bits per heavy atom. The molecule has 0 fully saturated rings. The number of ether oxygens (including phenoxy) is 1.